The Labute approximate surface area is 292 Å². The second-order valence-electron chi connectivity index (χ2n) is 14.5. The van der Waals surface area contributed by atoms with Crippen molar-refractivity contribution in [1.82, 2.24) is 25.3 Å². The molecule has 3 aromatic heterocycles. The molecule has 0 radical (unpaired) electrons. The van der Waals surface area contributed by atoms with Crippen molar-refractivity contribution < 1.29 is 29.1 Å². The van der Waals surface area contributed by atoms with E-state index in [1.54, 1.807) is 6.92 Å². The molecule has 3 aromatic rings. The third-order valence-electron chi connectivity index (χ3n) is 10.1. The van der Waals surface area contributed by atoms with Crippen LogP contribution in [0.25, 0.3) is 39.3 Å². The molecule has 2 aliphatic heterocycles. The first kappa shape index (κ1) is 36.3. The van der Waals surface area contributed by atoms with Crippen molar-refractivity contribution in [2.75, 3.05) is 34.2 Å². The van der Waals surface area contributed by atoms with Gasteiger partial charge in [-0.2, -0.15) is 0 Å². The third-order valence-corrected chi connectivity index (χ3v) is 10.1. The lowest BCUT2D eigenvalue weighted by atomic mass is 9.84. The Hall–Kier alpha value is -5.03. The summed E-state index contributed by atoms with van der Waals surface area (Å²) in [6, 6.07) is 5.92. The predicted octanol–water partition coefficient (Wildman–Crippen LogP) is 6.27. The van der Waals surface area contributed by atoms with Crippen LogP contribution in [0.1, 0.15) is 96.0 Å². The first-order chi connectivity index (χ1) is 23.5. The number of aromatic amines is 2. The summed E-state index contributed by atoms with van der Waals surface area (Å²) in [6.45, 7) is 15.1. The number of rotatable bonds is 11. The van der Waals surface area contributed by atoms with Crippen molar-refractivity contribution >= 4 is 57.1 Å². The van der Waals surface area contributed by atoms with E-state index in [-0.39, 0.29) is 42.4 Å². The average molecular weight is 682 g/mol. The van der Waals surface area contributed by atoms with E-state index in [0.29, 0.717) is 45.8 Å². The van der Waals surface area contributed by atoms with Gasteiger partial charge in [0.1, 0.15) is 0 Å². The van der Waals surface area contributed by atoms with Crippen LogP contribution in [0, 0.1) is 13.8 Å². The van der Waals surface area contributed by atoms with Crippen LogP contribution in [-0.2, 0) is 27.2 Å². The maximum absolute atomic E-state index is 13.7. The van der Waals surface area contributed by atoms with Gasteiger partial charge in [-0.1, -0.05) is 26.5 Å². The van der Waals surface area contributed by atoms with E-state index in [9.17, 15) is 24.6 Å². The van der Waals surface area contributed by atoms with Gasteiger partial charge < -0.3 is 30.0 Å². The van der Waals surface area contributed by atoms with Gasteiger partial charge in [0, 0.05) is 57.1 Å². The van der Waals surface area contributed by atoms with Gasteiger partial charge in [0.25, 0.3) is 0 Å². The molecule has 11 nitrogen and oxygen atoms in total. The first-order valence-electron chi connectivity index (χ1n) is 17.2. The van der Waals surface area contributed by atoms with E-state index in [4.69, 9.17) is 9.97 Å². The molecule has 0 saturated heterocycles. The van der Waals surface area contributed by atoms with Crippen molar-refractivity contribution in [2.24, 2.45) is 0 Å². The summed E-state index contributed by atoms with van der Waals surface area (Å²) >= 11 is 0. The summed E-state index contributed by atoms with van der Waals surface area (Å²) in [5.74, 6) is -3.01. The Balaban J connectivity index is 1.94. The summed E-state index contributed by atoms with van der Waals surface area (Å²) in [6.07, 6.45) is 2.55. The van der Waals surface area contributed by atoms with Crippen molar-refractivity contribution in [3.8, 4) is 0 Å². The quantitative estimate of drug-likeness (QED) is 0.149. The molecule has 0 spiro atoms. The van der Waals surface area contributed by atoms with Gasteiger partial charge in [-0.25, -0.2) is 9.78 Å². The standard InChI is InChI=1S/C39H48N6O5/c1-10-24-20(3)28-17-30-22(5)26(12-13-35(47)48)37(43-30)27(16-34(46)40-14-15-45(7,8)9)38-36(39(49)50)23(6)31(44-38)19-33-25(11-2)21(4)29(42-33)18-32(24)41-28/h10,17-19,22,26H,1,11-16H2,2-9H3,(H4-,40,41,42,43,44,46,47,48,49,50)/p+1. The van der Waals surface area contributed by atoms with Gasteiger partial charge in [-0.15, -0.1) is 0 Å². The monoisotopic (exact) mass is 681 g/mol. The second kappa shape index (κ2) is 14.1. The number of carboxylic acids is 2. The number of carboxylic acid groups (broad SMARTS) is 2. The van der Waals surface area contributed by atoms with Crippen LogP contribution >= 0.6 is 0 Å². The maximum Gasteiger partial charge on any atom is 0.338 e. The Morgan fingerprint density at radius 1 is 0.960 bits per heavy atom. The average Bonchev–Trinajstić information content (AvgIpc) is 3.71. The van der Waals surface area contributed by atoms with E-state index in [2.05, 4.69) is 41.8 Å². The molecule has 2 unspecified atom stereocenters. The fourth-order valence-electron chi connectivity index (χ4n) is 7.13. The number of aliphatic carboxylic acids is 2. The van der Waals surface area contributed by atoms with Crippen LogP contribution < -0.4 is 5.32 Å². The largest absolute Gasteiger partial charge is 0.481 e. The van der Waals surface area contributed by atoms with Crippen molar-refractivity contribution in [3.63, 3.8) is 0 Å². The lowest BCUT2D eigenvalue weighted by Gasteiger charge is -2.24. The maximum atomic E-state index is 13.7. The number of allylic oxidation sites excluding steroid dienone is 1. The number of hydrogen-bond donors (Lipinski definition) is 5. The molecule has 8 bridgehead atoms. The molecular weight excluding hydrogens is 632 g/mol. The molecule has 1 amide bonds. The number of quaternary nitrogens is 1. The minimum Gasteiger partial charge on any atom is -0.481 e. The minimum absolute atomic E-state index is 0.00709. The lowest BCUT2D eigenvalue weighted by molar-refractivity contribution is -0.869. The summed E-state index contributed by atoms with van der Waals surface area (Å²) < 4.78 is 0.656. The Morgan fingerprint density at radius 3 is 2.26 bits per heavy atom. The predicted molar refractivity (Wildman–Crippen MR) is 198 cm³/mol. The number of nitrogens with zero attached hydrogens (tertiary/aromatic N) is 3. The molecule has 5 heterocycles. The van der Waals surface area contributed by atoms with Gasteiger partial charge in [-0.05, 0) is 74.1 Å². The number of amides is 1. The summed E-state index contributed by atoms with van der Waals surface area (Å²) in [5, 5.41) is 23.3. The molecule has 0 fully saturated rings. The zero-order valence-electron chi connectivity index (χ0n) is 30.4. The number of hydrogen-bond acceptors (Lipinski definition) is 5. The number of aryl methyl sites for hydroxylation is 3. The van der Waals surface area contributed by atoms with Crippen molar-refractivity contribution in [2.45, 2.75) is 72.1 Å². The number of carbonyl (C=O) groups is 3. The number of carbonyl (C=O) groups excluding carboxylic acids is 1. The molecule has 5 rings (SSSR count). The molecule has 50 heavy (non-hydrogen) atoms. The fourth-order valence-corrected chi connectivity index (χ4v) is 7.13. The highest BCUT2D eigenvalue weighted by Crippen LogP contribution is 2.43. The van der Waals surface area contributed by atoms with E-state index in [0.717, 1.165) is 50.7 Å². The van der Waals surface area contributed by atoms with Crippen molar-refractivity contribution in [3.05, 3.63) is 75.4 Å². The van der Waals surface area contributed by atoms with E-state index >= 15 is 0 Å². The molecule has 11 heteroatoms. The number of fused-ring (bicyclic) bond motifs is 8. The molecule has 2 aliphatic rings. The Morgan fingerprint density at radius 2 is 1.64 bits per heavy atom. The van der Waals surface area contributed by atoms with Crippen LogP contribution in [-0.4, -0.2) is 86.7 Å². The molecule has 0 aliphatic carbocycles. The molecule has 0 aromatic carbocycles. The highest BCUT2D eigenvalue weighted by Gasteiger charge is 2.35. The zero-order valence-corrected chi connectivity index (χ0v) is 30.4. The Kier molecular flexibility index (Phi) is 10.2. The molecule has 0 saturated carbocycles. The Bertz CT molecular complexity index is 2100. The van der Waals surface area contributed by atoms with Crippen LogP contribution in [0.4, 0.5) is 0 Å². The van der Waals surface area contributed by atoms with Crippen molar-refractivity contribution in [1.29, 1.82) is 0 Å². The number of nitrogens with one attached hydrogen (secondary N) is 3. The summed E-state index contributed by atoms with van der Waals surface area (Å²) in [7, 11) is 6.11. The smallest absolute Gasteiger partial charge is 0.338 e. The number of aromatic nitrogens is 4. The molecule has 5 N–H and O–H groups in total. The normalized spacial score (nSPS) is 16.1. The van der Waals surface area contributed by atoms with Gasteiger partial charge in [0.2, 0.25) is 5.91 Å². The summed E-state index contributed by atoms with van der Waals surface area (Å²) in [4.78, 5) is 55.7. The summed E-state index contributed by atoms with van der Waals surface area (Å²) in [5.41, 5.74) is 10.3. The lowest BCUT2D eigenvalue weighted by Crippen LogP contribution is -2.42. The second-order valence-corrected chi connectivity index (χ2v) is 14.5. The van der Waals surface area contributed by atoms with Crippen LogP contribution in [0.2, 0.25) is 0 Å². The third kappa shape index (κ3) is 7.14. The van der Waals surface area contributed by atoms with E-state index in [1.165, 1.54) is 0 Å². The number of likely N-dealkylation sites (N-methyl/N-ethyl adjacent to an activating group) is 1. The fraction of sp³-hybridized carbons (Fsp3) is 0.410. The topological polar surface area (TPSA) is 161 Å². The molecular formula is C39H49N6O5+. The molecule has 2 atom stereocenters. The highest BCUT2D eigenvalue weighted by molar-refractivity contribution is 6.24. The van der Waals surface area contributed by atoms with Gasteiger partial charge >= 0.3 is 11.9 Å². The minimum atomic E-state index is -1.16. The van der Waals surface area contributed by atoms with E-state index in [1.807, 2.05) is 53.2 Å². The van der Waals surface area contributed by atoms with Crippen LogP contribution in [0.3, 0.4) is 0 Å². The van der Waals surface area contributed by atoms with Crippen LogP contribution in [0.15, 0.2) is 24.8 Å². The zero-order chi connectivity index (χ0) is 36.7. The van der Waals surface area contributed by atoms with Gasteiger partial charge in [0.15, 0.2) is 0 Å². The number of H-pyrrole nitrogens is 2. The molecule has 264 valence electrons. The van der Waals surface area contributed by atoms with E-state index < -0.39 is 17.9 Å². The highest BCUT2D eigenvalue weighted by atomic mass is 16.4. The van der Waals surface area contributed by atoms with Crippen LogP contribution in [0.5, 0.6) is 0 Å². The first-order valence-corrected chi connectivity index (χ1v) is 17.2. The van der Waals surface area contributed by atoms with Gasteiger partial charge in [0.05, 0.1) is 63.3 Å². The SMILES string of the molecule is C=Cc1c(C)c2cc3nc(c(CC(=O)NCC[N+](C)(C)C)c4nc(cc5[nH]c(cc1[nH]2)c(C)c5CC)C(C)=C4C(=O)O)C(CCC(=O)O)C3C. The van der Waals surface area contributed by atoms with Gasteiger partial charge in [-0.3, -0.25) is 14.6 Å².